The van der Waals surface area contributed by atoms with Gasteiger partial charge >= 0.3 is 35.8 Å². The van der Waals surface area contributed by atoms with Gasteiger partial charge in [0.1, 0.15) is 11.5 Å². The minimum Gasteiger partial charge on any atom is -0.425 e. The Morgan fingerprint density at radius 1 is 0.529 bits per heavy atom. The fraction of sp³-hybridized carbons (Fsp3) is 0.128. The first-order chi connectivity index (χ1) is 24.4. The molecule has 4 aromatic carbocycles. The molecule has 0 heterocycles. The molecule has 4 aromatic rings. The molecule has 0 radical (unpaired) electrons. The van der Waals surface area contributed by atoms with E-state index >= 15 is 0 Å². The molecule has 1 aliphatic rings. The monoisotopic (exact) mass is 690 g/mol. The summed E-state index contributed by atoms with van der Waals surface area (Å²) in [7, 11) is 0. The third-order valence-corrected chi connectivity index (χ3v) is 7.85. The summed E-state index contributed by atoms with van der Waals surface area (Å²) in [5, 5.41) is 0. The molecule has 0 fully saturated rings. The molecule has 12 heteroatoms. The number of hydrogen-bond donors (Lipinski definition) is 0. The molecule has 1 aliphatic carbocycles. The van der Waals surface area contributed by atoms with Gasteiger partial charge in [-0.15, -0.1) is 0 Å². The van der Waals surface area contributed by atoms with Gasteiger partial charge in [-0.3, -0.25) is 0 Å². The minimum absolute atomic E-state index is 0.0588. The first-order valence-electron chi connectivity index (χ1n) is 15.3. The van der Waals surface area contributed by atoms with Crippen molar-refractivity contribution in [2.45, 2.75) is 19.3 Å². The summed E-state index contributed by atoms with van der Waals surface area (Å²) < 4.78 is 30.4. The third-order valence-electron chi connectivity index (χ3n) is 7.85. The molecule has 5 rings (SSSR count). The van der Waals surface area contributed by atoms with Crippen LogP contribution in [0.3, 0.4) is 0 Å². The second kappa shape index (κ2) is 15.2. The molecular weight excluding hydrogens is 660 g/mol. The first kappa shape index (κ1) is 35.5. The van der Waals surface area contributed by atoms with Crippen LogP contribution in [0.1, 0.15) is 66.4 Å². The molecule has 0 spiro atoms. The van der Waals surface area contributed by atoms with Gasteiger partial charge in [0.15, 0.2) is 0 Å². The number of carbonyl (C=O) groups excluding carboxylic acids is 6. The van der Waals surface area contributed by atoms with Gasteiger partial charge in [0.05, 0.1) is 22.3 Å². The Morgan fingerprint density at radius 3 is 1.41 bits per heavy atom. The lowest BCUT2D eigenvalue weighted by molar-refractivity contribution is -0.147. The molecule has 12 nitrogen and oxygen atoms in total. The van der Waals surface area contributed by atoms with Crippen LogP contribution in [0.2, 0.25) is 0 Å². The van der Waals surface area contributed by atoms with Gasteiger partial charge < -0.3 is 28.4 Å². The molecule has 0 aliphatic heterocycles. The molecule has 0 N–H and O–H groups in total. The Balaban J connectivity index is 1.24. The van der Waals surface area contributed by atoms with Crippen LogP contribution >= 0.6 is 0 Å². The largest absolute Gasteiger partial charge is 0.425 e. The molecule has 0 aromatic heterocycles. The van der Waals surface area contributed by atoms with Crippen molar-refractivity contribution in [3.8, 4) is 22.6 Å². The van der Waals surface area contributed by atoms with E-state index < -0.39 is 54.8 Å². The SMILES string of the molecule is C=CC(=O)OCOC(=O)c1ccc(C(=O)Oc2ccc3c(c2)C(C)(C)c2cc(OC(=O)c4cccc(C(=O)OCOC(=O)C=C)c4)ccc2-3)cc1. The summed E-state index contributed by atoms with van der Waals surface area (Å²) in [5.74, 6) is -3.80. The highest BCUT2D eigenvalue weighted by Gasteiger charge is 2.36. The van der Waals surface area contributed by atoms with Crippen molar-refractivity contribution in [2.75, 3.05) is 13.6 Å². The smallest absolute Gasteiger partial charge is 0.343 e. The van der Waals surface area contributed by atoms with Crippen LogP contribution in [-0.4, -0.2) is 49.4 Å². The Labute approximate surface area is 291 Å². The average Bonchev–Trinajstić information content (AvgIpc) is 3.36. The van der Waals surface area contributed by atoms with Gasteiger partial charge in [0.2, 0.25) is 13.6 Å². The molecule has 0 bridgehead atoms. The van der Waals surface area contributed by atoms with Gasteiger partial charge in [-0.25, -0.2) is 28.8 Å². The van der Waals surface area contributed by atoms with Crippen LogP contribution < -0.4 is 9.47 Å². The van der Waals surface area contributed by atoms with E-state index in [1.165, 1.54) is 48.5 Å². The number of hydrogen-bond acceptors (Lipinski definition) is 12. The van der Waals surface area contributed by atoms with E-state index in [4.69, 9.17) is 18.9 Å². The lowest BCUT2D eigenvalue weighted by atomic mass is 9.82. The maximum absolute atomic E-state index is 13.1. The van der Waals surface area contributed by atoms with Crippen molar-refractivity contribution in [1.29, 1.82) is 0 Å². The van der Waals surface area contributed by atoms with Gasteiger partial charge in [0, 0.05) is 17.6 Å². The Kier molecular flexibility index (Phi) is 10.6. The number of fused-ring (bicyclic) bond motifs is 3. The van der Waals surface area contributed by atoms with E-state index in [1.54, 1.807) is 24.3 Å². The van der Waals surface area contributed by atoms with E-state index in [0.29, 0.717) is 5.75 Å². The molecule has 0 unspecified atom stereocenters. The normalized spacial score (nSPS) is 11.9. The highest BCUT2D eigenvalue weighted by Crippen LogP contribution is 2.50. The minimum atomic E-state index is -0.800. The molecule has 0 amide bonds. The summed E-state index contributed by atoms with van der Waals surface area (Å²) >= 11 is 0. The van der Waals surface area contributed by atoms with E-state index in [1.807, 2.05) is 26.0 Å². The van der Waals surface area contributed by atoms with Crippen molar-refractivity contribution >= 4 is 35.8 Å². The summed E-state index contributed by atoms with van der Waals surface area (Å²) in [6.07, 6.45) is 1.87. The predicted octanol–water partition coefficient (Wildman–Crippen LogP) is 6.12. The maximum Gasteiger partial charge on any atom is 0.343 e. The molecule has 51 heavy (non-hydrogen) atoms. The van der Waals surface area contributed by atoms with Crippen molar-refractivity contribution < 1.29 is 57.2 Å². The number of rotatable bonds is 12. The highest BCUT2D eigenvalue weighted by atomic mass is 16.7. The summed E-state index contributed by atoms with van der Waals surface area (Å²) in [6, 6.07) is 21.9. The fourth-order valence-electron chi connectivity index (χ4n) is 5.24. The van der Waals surface area contributed by atoms with Crippen molar-refractivity contribution in [2.24, 2.45) is 0 Å². The van der Waals surface area contributed by atoms with Crippen LogP contribution in [0.25, 0.3) is 11.1 Å². The quantitative estimate of drug-likeness (QED) is 0.0727. The third kappa shape index (κ3) is 8.08. The van der Waals surface area contributed by atoms with Gasteiger partial charge in [-0.1, -0.05) is 45.2 Å². The molecular formula is C39H30O12. The number of ether oxygens (including phenoxy) is 6. The lowest BCUT2D eigenvalue weighted by Crippen LogP contribution is -2.16. The Morgan fingerprint density at radius 2 is 0.941 bits per heavy atom. The standard InChI is InChI=1S/C39H30O12/c1-5-33(40)46-21-48-35(42)23-10-12-24(13-11-23)37(44)50-27-14-16-29-30-17-15-28(20-32(30)39(3,4)31(29)19-27)51-38(45)26-9-7-8-25(18-26)36(43)49-22-47-34(41)6-2/h5-20H,1-2,21-22H2,3-4H3. The van der Waals surface area contributed by atoms with E-state index in [9.17, 15) is 28.8 Å². The van der Waals surface area contributed by atoms with Crippen LogP contribution in [0.15, 0.2) is 110 Å². The number of esters is 6. The van der Waals surface area contributed by atoms with Crippen LogP contribution in [0.5, 0.6) is 11.5 Å². The average molecular weight is 691 g/mol. The number of carbonyl (C=O) groups is 6. The molecule has 0 saturated heterocycles. The Hall–Kier alpha value is -6.82. The second-order valence-corrected chi connectivity index (χ2v) is 11.4. The Bertz CT molecular complexity index is 2070. The van der Waals surface area contributed by atoms with Crippen LogP contribution in [0, 0.1) is 0 Å². The van der Waals surface area contributed by atoms with Crippen molar-refractivity contribution in [3.63, 3.8) is 0 Å². The van der Waals surface area contributed by atoms with E-state index in [2.05, 4.69) is 22.6 Å². The maximum atomic E-state index is 13.1. The zero-order valence-electron chi connectivity index (χ0n) is 27.5. The molecule has 258 valence electrons. The second-order valence-electron chi connectivity index (χ2n) is 11.4. The van der Waals surface area contributed by atoms with Crippen LogP contribution in [0.4, 0.5) is 0 Å². The highest BCUT2D eigenvalue weighted by molar-refractivity contribution is 5.97. The van der Waals surface area contributed by atoms with Crippen molar-refractivity contribution in [1.82, 2.24) is 0 Å². The van der Waals surface area contributed by atoms with Gasteiger partial charge in [-0.2, -0.15) is 0 Å². The predicted molar refractivity (Wildman–Crippen MR) is 180 cm³/mol. The first-order valence-corrected chi connectivity index (χ1v) is 15.3. The fourth-order valence-corrected chi connectivity index (χ4v) is 5.24. The van der Waals surface area contributed by atoms with E-state index in [-0.39, 0.29) is 28.0 Å². The zero-order valence-corrected chi connectivity index (χ0v) is 27.5. The summed E-state index contributed by atoms with van der Waals surface area (Å²) in [5.41, 5.74) is 3.50. The summed E-state index contributed by atoms with van der Waals surface area (Å²) in [6.45, 7) is 9.30. The lowest BCUT2D eigenvalue weighted by Gasteiger charge is -2.22. The summed E-state index contributed by atoms with van der Waals surface area (Å²) in [4.78, 5) is 72.8. The molecule has 0 saturated carbocycles. The van der Waals surface area contributed by atoms with Crippen LogP contribution in [-0.2, 0) is 34.0 Å². The van der Waals surface area contributed by atoms with E-state index in [0.717, 1.165) is 34.4 Å². The van der Waals surface area contributed by atoms with Gasteiger partial charge in [-0.05, 0) is 89.0 Å². The van der Waals surface area contributed by atoms with Gasteiger partial charge in [0.25, 0.3) is 0 Å². The number of benzene rings is 4. The van der Waals surface area contributed by atoms with Crippen molar-refractivity contribution in [3.05, 3.63) is 144 Å². The zero-order chi connectivity index (χ0) is 36.7. The molecule has 0 atom stereocenters. The topological polar surface area (TPSA) is 158 Å².